The van der Waals surface area contributed by atoms with Crippen LogP contribution in [0, 0.1) is 15.9 Å². The van der Waals surface area contributed by atoms with Crippen LogP contribution in [0.1, 0.15) is 23.4 Å². The van der Waals surface area contributed by atoms with Crippen LogP contribution in [0.3, 0.4) is 0 Å². The Morgan fingerprint density at radius 1 is 1.42 bits per heavy atom. The van der Waals surface area contributed by atoms with Crippen LogP contribution in [-0.2, 0) is 6.54 Å². The Balaban J connectivity index is 1.96. The molecule has 19 heavy (non-hydrogen) atoms. The fraction of sp³-hybridized carbons (Fsp3) is 0.231. The first-order valence-corrected chi connectivity index (χ1v) is 6.60. The Hall–Kier alpha value is -1.79. The van der Waals surface area contributed by atoms with Gasteiger partial charge in [-0.05, 0) is 30.7 Å². The minimum atomic E-state index is -0.399. The third-order valence-electron chi connectivity index (χ3n) is 2.76. The molecule has 0 aliphatic heterocycles. The number of benzene rings is 1. The molecular weight excluding hydrogens is 267 g/mol. The van der Waals surface area contributed by atoms with Gasteiger partial charge >= 0.3 is 5.00 Å². The average Bonchev–Trinajstić information content (AvgIpc) is 2.85. The van der Waals surface area contributed by atoms with E-state index in [-0.39, 0.29) is 16.9 Å². The summed E-state index contributed by atoms with van der Waals surface area (Å²) < 4.78 is 13.1. The molecule has 1 atom stereocenters. The van der Waals surface area contributed by atoms with Crippen molar-refractivity contribution in [2.24, 2.45) is 0 Å². The molecule has 1 heterocycles. The zero-order valence-corrected chi connectivity index (χ0v) is 11.1. The normalized spacial score (nSPS) is 12.3. The zero-order valence-electron chi connectivity index (χ0n) is 10.3. The van der Waals surface area contributed by atoms with Crippen molar-refractivity contribution in [2.45, 2.75) is 19.5 Å². The minimum absolute atomic E-state index is 0.0168. The molecule has 0 amide bonds. The van der Waals surface area contributed by atoms with Crippen molar-refractivity contribution in [2.75, 3.05) is 0 Å². The molecule has 4 nitrogen and oxygen atoms in total. The van der Waals surface area contributed by atoms with Gasteiger partial charge in [-0.2, -0.15) is 0 Å². The van der Waals surface area contributed by atoms with Gasteiger partial charge in [-0.1, -0.05) is 23.5 Å². The van der Waals surface area contributed by atoms with Crippen molar-refractivity contribution in [3.63, 3.8) is 0 Å². The fourth-order valence-electron chi connectivity index (χ4n) is 1.71. The molecule has 2 rings (SSSR count). The van der Waals surface area contributed by atoms with E-state index in [0.717, 1.165) is 21.8 Å². The molecule has 0 radical (unpaired) electrons. The number of nitro groups is 1. The quantitative estimate of drug-likeness (QED) is 0.672. The molecule has 0 bridgehead atoms. The summed E-state index contributed by atoms with van der Waals surface area (Å²) in [6, 6.07) is 9.60. The monoisotopic (exact) mass is 280 g/mol. The van der Waals surface area contributed by atoms with Crippen molar-refractivity contribution in [3.05, 3.63) is 62.8 Å². The summed E-state index contributed by atoms with van der Waals surface area (Å²) in [5, 5.41) is 13.9. The van der Waals surface area contributed by atoms with E-state index in [1.807, 2.05) is 13.0 Å². The third-order valence-corrected chi connectivity index (χ3v) is 3.80. The number of rotatable bonds is 5. The molecule has 2 aromatic rings. The molecule has 0 aliphatic rings. The van der Waals surface area contributed by atoms with E-state index >= 15 is 0 Å². The first-order valence-electron chi connectivity index (χ1n) is 5.78. The Labute approximate surface area is 114 Å². The molecule has 0 aliphatic carbocycles. The molecule has 6 heteroatoms. The van der Waals surface area contributed by atoms with Gasteiger partial charge in [0, 0.05) is 23.5 Å². The Morgan fingerprint density at radius 2 is 2.21 bits per heavy atom. The third kappa shape index (κ3) is 3.59. The highest BCUT2D eigenvalue weighted by Gasteiger charge is 2.11. The molecule has 1 N–H and O–H groups in total. The molecule has 100 valence electrons. The van der Waals surface area contributed by atoms with Gasteiger partial charge in [-0.25, -0.2) is 4.39 Å². The number of nitrogens with zero attached hydrogens (tertiary/aromatic N) is 1. The van der Waals surface area contributed by atoms with Gasteiger partial charge in [0.05, 0.1) is 4.92 Å². The van der Waals surface area contributed by atoms with Crippen LogP contribution < -0.4 is 5.32 Å². The topological polar surface area (TPSA) is 55.2 Å². The lowest BCUT2D eigenvalue weighted by Gasteiger charge is -2.13. The molecular formula is C13H13FN2O2S. The largest absolute Gasteiger partial charge is 0.324 e. The zero-order chi connectivity index (χ0) is 13.8. The Morgan fingerprint density at radius 3 is 2.84 bits per heavy atom. The molecule has 0 saturated heterocycles. The van der Waals surface area contributed by atoms with E-state index in [9.17, 15) is 14.5 Å². The standard InChI is InChI=1S/C13H13FN2O2S/c1-9(10-3-2-4-11(14)7-10)15-8-12-5-6-13(19-12)16(17)18/h2-7,9,15H,8H2,1H3. The van der Waals surface area contributed by atoms with E-state index < -0.39 is 4.92 Å². The van der Waals surface area contributed by atoms with E-state index in [1.165, 1.54) is 18.2 Å². The molecule has 1 unspecified atom stereocenters. The highest BCUT2D eigenvalue weighted by atomic mass is 32.1. The average molecular weight is 280 g/mol. The van der Waals surface area contributed by atoms with Crippen molar-refractivity contribution in [3.8, 4) is 0 Å². The lowest BCUT2D eigenvalue weighted by Crippen LogP contribution is -2.17. The summed E-state index contributed by atoms with van der Waals surface area (Å²) in [7, 11) is 0. The number of hydrogen-bond donors (Lipinski definition) is 1. The predicted octanol–water partition coefficient (Wildman–Crippen LogP) is 3.65. The summed E-state index contributed by atoms with van der Waals surface area (Å²) in [6.45, 7) is 2.45. The lowest BCUT2D eigenvalue weighted by molar-refractivity contribution is -0.380. The van der Waals surface area contributed by atoms with Crippen LogP contribution >= 0.6 is 11.3 Å². The number of nitrogens with one attached hydrogen (secondary N) is 1. The van der Waals surface area contributed by atoms with Crippen LogP contribution in [0.4, 0.5) is 9.39 Å². The minimum Gasteiger partial charge on any atom is -0.305 e. The van der Waals surface area contributed by atoms with Gasteiger partial charge in [-0.15, -0.1) is 0 Å². The molecule has 0 fully saturated rings. The first kappa shape index (κ1) is 13.6. The molecule has 0 spiro atoms. The smallest absolute Gasteiger partial charge is 0.305 e. The van der Waals surface area contributed by atoms with Gasteiger partial charge in [0.1, 0.15) is 5.82 Å². The maximum Gasteiger partial charge on any atom is 0.324 e. The molecule has 1 aromatic carbocycles. The summed E-state index contributed by atoms with van der Waals surface area (Å²) >= 11 is 1.15. The summed E-state index contributed by atoms with van der Waals surface area (Å²) in [4.78, 5) is 11.1. The maximum absolute atomic E-state index is 13.1. The van der Waals surface area contributed by atoms with Crippen LogP contribution in [-0.4, -0.2) is 4.92 Å². The van der Waals surface area contributed by atoms with Gasteiger partial charge in [0.25, 0.3) is 0 Å². The van der Waals surface area contributed by atoms with E-state index in [1.54, 1.807) is 12.1 Å². The predicted molar refractivity (Wildman–Crippen MR) is 72.6 cm³/mol. The van der Waals surface area contributed by atoms with E-state index in [4.69, 9.17) is 0 Å². The number of thiophene rings is 1. The van der Waals surface area contributed by atoms with Crippen molar-refractivity contribution in [1.82, 2.24) is 5.32 Å². The second-order valence-electron chi connectivity index (χ2n) is 4.15. The van der Waals surface area contributed by atoms with E-state index in [2.05, 4.69) is 5.32 Å². The first-order chi connectivity index (χ1) is 9.06. The van der Waals surface area contributed by atoms with Crippen molar-refractivity contribution < 1.29 is 9.31 Å². The molecule has 1 aromatic heterocycles. The Bertz CT molecular complexity index is 586. The van der Waals surface area contributed by atoms with Crippen LogP contribution in [0.25, 0.3) is 0 Å². The highest BCUT2D eigenvalue weighted by molar-refractivity contribution is 7.15. The van der Waals surface area contributed by atoms with Gasteiger partial charge in [0.2, 0.25) is 0 Å². The second-order valence-corrected chi connectivity index (χ2v) is 5.30. The fourth-order valence-corrected chi connectivity index (χ4v) is 2.48. The SMILES string of the molecule is CC(NCc1ccc([N+](=O)[O-])s1)c1cccc(F)c1. The van der Waals surface area contributed by atoms with Gasteiger partial charge in [-0.3, -0.25) is 10.1 Å². The van der Waals surface area contributed by atoms with Gasteiger partial charge < -0.3 is 5.32 Å². The second kappa shape index (κ2) is 5.90. The highest BCUT2D eigenvalue weighted by Crippen LogP contribution is 2.24. The molecule has 0 saturated carbocycles. The summed E-state index contributed by atoms with van der Waals surface area (Å²) in [6.07, 6.45) is 0. The maximum atomic E-state index is 13.1. The van der Waals surface area contributed by atoms with Crippen LogP contribution in [0.15, 0.2) is 36.4 Å². The lowest BCUT2D eigenvalue weighted by atomic mass is 10.1. The van der Waals surface area contributed by atoms with Crippen LogP contribution in [0.2, 0.25) is 0 Å². The van der Waals surface area contributed by atoms with Gasteiger partial charge in [0.15, 0.2) is 0 Å². The van der Waals surface area contributed by atoms with E-state index in [0.29, 0.717) is 6.54 Å². The van der Waals surface area contributed by atoms with Crippen molar-refractivity contribution in [1.29, 1.82) is 0 Å². The summed E-state index contributed by atoms with van der Waals surface area (Å²) in [5.74, 6) is -0.266. The van der Waals surface area contributed by atoms with Crippen LogP contribution in [0.5, 0.6) is 0 Å². The Kier molecular flexibility index (Phi) is 4.24. The summed E-state index contributed by atoms with van der Waals surface area (Å²) in [5.41, 5.74) is 0.853. The number of halogens is 1. The number of hydrogen-bond acceptors (Lipinski definition) is 4. The van der Waals surface area contributed by atoms with Crippen molar-refractivity contribution >= 4 is 16.3 Å².